The summed E-state index contributed by atoms with van der Waals surface area (Å²) >= 11 is 1.05. The van der Waals surface area contributed by atoms with Gasteiger partial charge in [0.1, 0.15) is 0 Å². The van der Waals surface area contributed by atoms with Crippen molar-refractivity contribution in [3.63, 3.8) is 0 Å². The Morgan fingerprint density at radius 1 is 1.78 bits per heavy atom. The van der Waals surface area contributed by atoms with Gasteiger partial charge in [-0.05, 0) is 6.42 Å². The van der Waals surface area contributed by atoms with Crippen LogP contribution in [0.1, 0.15) is 13.3 Å². The third-order valence-electron chi connectivity index (χ3n) is 0.678. The van der Waals surface area contributed by atoms with Gasteiger partial charge in [-0.3, -0.25) is 0 Å². The quantitative estimate of drug-likeness (QED) is 0.616. The fraction of sp³-hybridized carbons (Fsp3) is 0.800. The van der Waals surface area contributed by atoms with Crippen molar-refractivity contribution in [2.45, 2.75) is 13.3 Å². The summed E-state index contributed by atoms with van der Waals surface area (Å²) in [7, 11) is 0. The summed E-state index contributed by atoms with van der Waals surface area (Å²) in [4.78, 5) is 10.4. The van der Waals surface area contributed by atoms with Crippen molar-refractivity contribution in [3.8, 4) is 0 Å². The first kappa shape index (κ1) is 8.62. The predicted octanol–water partition coefficient (Wildman–Crippen LogP) is 1.40. The number of nitrogens with one attached hydrogen (secondary N) is 1. The van der Waals surface area contributed by atoms with Gasteiger partial charge in [0.2, 0.25) is 0 Å². The van der Waals surface area contributed by atoms with Crippen molar-refractivity contribution in [2.24, 2.45) is 0 Å². The summed E-state index contributed by atoms with van der Waals surface area (Å²) in [5, 5.41) is 2.55. The molecule has 0 saturated carbocycles. The fourth-order valence-corrected chi connectivity index (χ4v) is 0.543. The lowest BCUT2D eigenvalue weighted by atomic mass is 10.5. The lowest BCUT2D eigenvalue weighted by molar-refractivity contribution is 0.208. The topological polar surface area (TPSA) is 38.3 Å². The highest BCUT2D eigenvalue weighted by Crippen LogP contribution is 1.93. The third kappa shape index (κ3) is 5.49. The van der Waals surface area contributed by atoms with Crippen LogP contribution in [0, 0.1) is 0 Å². The zero-order chi connectivity index (χ0) is 7.11. The average Bonchev–Trinajstić information content (AvgIpc) is 1.85. The van der Waals surface area contributed by atoms with Gasteiger partial charge in [-0.2, -0.15) is 0 Å². The molecule has 0 spiro atoms. The molecule has 0 heterocycles. The summed E-state index contributed by atoms with van der Waals surface area (Å²) in [5.74, 6) is 0. The zero-order valence-electron chi connectivity index (χ0n) is 5.64. The average molecular weight is 149 g/mol. The minimum absolute atomic E-state index is 0.357. The lowest BCUT2D eigenvalue weighted by Crippen LogP contribution is -2.22. The van der Waals surface area contributed by atoms with Crippen LogP contribution in [0.15, 0.2) is 0 Å². The molecule has 3 nitrogen and oxygen atoms in total. The van der Waals surface area contributed by atoms with Crippen molar-refractivity contribution in [3.05, 3.63) is 0 Å². The van der Waals surface area contributed by atoms with E-state index in [2.05, 4.69) is 9.50 Å². The van der Waals surface area contributed by atoms with Crippen LogP contribution < -0.4 is 5.32 Å². The second kappa shape index (κ2) is 5.75. The Morgan fingerprint density at radius 3 is 2.89 bits per heavy atom. The second-order valence-electron chi connectivity index (χ2n) is 1.46. The predicted molar refractivity (Wildman–Crippen MR) is 38.3 cm³/mol. The van der Waals surface area contributed by atoms with Gasteiger partial charge < -0.3 is 9.50 Å². The van der Waals surface area contributed by atoms with E-state index in [1.165, 1.54) is 0 Å². The molecule has 0 radical (unpaired) electrons. The maximum absolute atomic E-state index is 10.4. The molecule has 0 aromatic rings. The van der Waals surface area contributed by atoms with Crippen LogP contribution in [0.5, 0.6) is 0 Å². The molecule has 0 fully saturated rings. The maximum atomic E-state index is 10.4. The summed E-state index contributed by atoms with van der Waals surface area (Å²) in [5.41, 5.74) is 0. The van der Waals surface area contributed by atoms with Gasteiger partial charge in [-0.25, -0.2) is 4.79 Å². The minimum atomic E-state index is -0.357. The van der Waals surface area contributed by atoms with Crippen LogP contribution in [0.25, 0.3) is 0 Å². The highest BCUT2D eigenvalue weighted by Gasteiger charge is 1.96. The molecule has 0 aliphatic carbocycles. The number of hydrogen-bond acceptors (Lipinski definition) is 3. The smallest absolute Gasteiger partial charge is 0.375 e. The first-order chi connectivity index (χ1) is 4.31. The molecule has 0 aliphatic heterocycles. The van der Waals surface area contributed by atoms with Gasteiger partial charge in [0.25, 0.3) is 0 Å². The highest BCUT2D eigenvalue weighted by molar-refractivity contribution is 7.94. The molecule has 0 bridgehead atoms. The number of rotatable bonds is 3. The van der Waals surface area contributed by atoms with E-state index in [0.717, 1.165) is 18.5 Å². The van der Waals surface area contributed by atoms with Gasteiger partial charge in [-0.15, -0.1) is 0 Å². The largest absolute Gasteiger partial charge is 0.419 e. The highest BCUT2D eigenvalue weighted by atomic mass is 32.2. The maximum Gasteiger partial charge on any atom is 0.419 e. The van der Waals surface area contributed by atoms with E-state index in [1.807, 2.05) is 6.92 Å². The first-order valence-corrected chi connectivity index (χ1v) is 3.94. The van der Waals surface area contributed by atoms with E-state index in [9.17, 15) is 4.79 Å². The Bertz CT molecular complexity index is 87.0. The lowest BCUT2D eigenvalue weighted by Gasteiger charge is -1.99. The molecule has 0 atom stereocenters. The molecule has 9 heavy (non-hydrogen) atoms. The molecular formula is C5H11NO2S. The molecule has 1 amide bonds. The molecule has 0 rings (SSSR count). The number of amides is 1. The molecule has 0 aromatic heterocycles. The molecule has 54 valence electrons. The van der Waals surface area contributed by atoms with Crippen LogP contribution in [0.2, 0.25) is 0 Å². The molecule has 0 saturated heterocycles. The van der Waals surface area contributed by atoms with Gasteiger partial charge in [0, 0.05) is 12.8 Å². The molecule has 0 aliphatic rings. The summed E-state index contributed by atoms with van der Waals surface area (Å²) in [6.07, 6.45) is 2.28. The van der Waals surface area contributed by atoms with E-state index >= 15 is 0 Å². The minimum Gasteiger partial charge on any atom is -0.375 e. The Kier molecular flexibility index (Phi) is 5.51. The normalized spacial score (nSPS) is 8.67. The molecule has 4 heteroatoms. The van der Waals surface area contributed by atoms with Crippen LogP contribution in [-0.4, -0.2) is 18.9 Å². The van der Waals surface area contributed by atoms with Crippen LogP contribution >= 0.6 is 12.0 Å². The Labute approximate surface area is 59.4 Å². The first-order valence-electron chi connectivity index (χ1n) is 2.79. The van der Waals surface area contributed by atoms with Crippen LogP contribution in [-0.2, 0) is 4.18 Å². The molecular weight excluding hydrogens is 138 g/mol. The van der Waals surface area contributed by atoms with E-state index in [1.54, 1.807) is 6.26 Å². The van der Waals surface area contributed by atoms with Gasteiger partial charge in [0.15, 0.2) is 0 Å². The number of carbonyl (C=O) groups excluding carboxylic acids is 1. The van der Waals surface area contributed by atoms with Gasteiger partial charge in [0.05, 0.1) is 12.0 Å². The van der Waals surface area contributed by atoms with Crippen molar-refractivity contribution in [2.75, 3.05) is 12.8 Å². The number of carbonyl (C=O) groups is 1. The monoisotopic (exact) mass is 149 g/mol. The Balaban J connectivity index is 3.06. The zero-order valence-corrected chi connectivity index (χ0v) is 6.46. The van der Waals surface area contributed by atoms with Crippen molar-refractivity contribution in [1.29, 1.82) is 0 Å². The van der Waals surface area contributed by atoms with Gasteiger partial charge in [-0.1, -0.05) is 6.92 Å². The standard InChI is InChI=1S/C5H11NO2S/c1-3-4-6-5(7)8-9-2/h3-4H2,1-2H3,(H,6,7). The second-order valence-corrected chi connectivity index (χ2v) is 1.96. The summed E-state index contributed by atoms with van der Waals surface area (Å²) < 4.78 is 4.51. The van der Waals surface area contributed by atoms with E-state index in [-0.39, 0.29) is 6.09 Å². The van der Waals surface area contributed by atoms with Gasteiger partial charge >= 0.3 is 6.09 Å². The molecule has 0 aromatic carbocycles. The van der Waals surface area contributed by atoms with E-state index in [4.69, 9.17) is 0 Å². The van der Waals surface area contributed by atoms with E-state index < -0.39 is 0 Å². The van der Waals surface area contributed by atoms with E-state index in [0.29, 0.717) is 6.54 Å². The van der Waals surface area contributed by atoms with Crippen molar-refractivity contribution in [1.82, 2.24) is 5.32 Å². The third-order valence-corrected chi connectivity index (χ3v) is 0.996. The Hall–Kier alpha value is -0.380. The van der Waals surface area contributed by atoms with Crippen molar-refractivity contribution < 1.29 is 8.98 Å². The number of hydrogen-bond donors (Lipinski definition) is 1. The Morgan fingerprint density at radius 2 is 2.44 bits per heavy atom. The van der Waals surface area contributed by atoms with Crippen molar-refractivity contribution >= 4 is 18.1 Å². The van der Waals surface area contributed by atoms with Crippen LogP contribution in [0.3, 0.4) is 0 Å². The summed E-state index contributed by atoms with van der Waals surface area (Å²) in [6.45, 7) is 2.67. The SMILES string of the molecule is CCCNC(=O)OSC. The fourth-order valence-electron chi connectivity index (χ4n) is 0.332. The van der Waals surface area contributed by atoms with Crippen LogP contribution in [0.4, 0.5) is 4.79 Å². The summed E-state index contributed by atoms with van der Waals surface area (Å²) in [6, 6.07) is 0. The molecule has 1 N–H and O–H groups in total. The molecule has 0 unspecified atom stereocenters.